The van der Waals surface area contributed by atoms with E-state index in [1.54, 1.807) is 6.92 Å². The van der Waals surface area contributed by atoms with E-state index in [1.807, 2.05) is 11.8 Å². The van der Waals surface area contributed by atoms with Gasteiger partial charge < -0.3 is 30.6 Å². The van der Waals surface area contributed by atoms with Crippen molar-refractivity contribution in [3.05, 3.63) is 10.6 Å². The van der Waals surface area contributed by atoms with Crippen LogP contribution in [0.25, 0.3) is 0 Å². The molecule has 0 spiro atoms. The maximum atomic E-state index is 12.9. The Morgan fingerprint density at radius 1 is 1.27 bits per heavy atom. The first-order valence-corrected chi connectivity index (χ1v) is 11.5. The summed E-state index contributed by atoms with van der Waals surface area (Å²) in [5.41, 5.74) is 0.0464. The number of β-lactam (4-membered cyclic amide) rings is 1. The third kappa shape index (κ3) is 3.53. The van der Waals surface area contributed by atoms with E-state index in [9.17, 15) is 24.6 Å². The Morgan fingerprint density at radius 2 is 2.00 bits per heavy atom. The molecule has 3 fully saturated rings. The maximum Gasteiger partial charge on any atom is 0.353 e. The van der Waals surface area contributed by atoms with Gasteiger partial charge in [0.15, 0.2) is 0 Å². The SMILES string of the molecule is CC1CN(C(=O)C2CC(SC3=C(C(=O)O)N4C(=O)C(C(C)O)[C@H]4C3C)CN2)CCN1. The van der Waals surface area contributed by atoms with Crippen molar-refractivity contribution in [2.75, 3.05) is 26.2 Å². The van der Waals surface area contributed by atoms with Gasteiger partial charge in [0.25, 0.3) is 0 Å². The number of nitrogens with zero attached hydrogens (tertiary/aromatic N) is 2. The van der Waals surface area contributed by atoms with Crippen LogP contribution in [0.2, 0.25) is 0 Å². The summed E-state index contributed by atoms with van der Waals surface area (Å²) in [6, 6.07) is -0.289. The Kier molecular flexibility index (Phi) is 5.86. The number of rotatable bonds is 5. The summed E-state index contributed by atoms with van der Waals surface area (Å²) in [6.07, 6.45) is -0.180. The smallest absolute Gasteiger partial charge is 0.353 e. The minimum Gasteiger partial charge on any atom is -0.477 e. The summed E-state index contributed by atoms with van der Waals surface area (Å²) in [6.45, 7) is 8.36. The molecule has 4 aliphatic rings. The van der Waals surface area contributed by atoms with Crippen molar-refractivity contribution in [2.24, 2.45) is 11.8 Å². The van der Waals surface area contributed by atoms with Crippen LogP contribution in [0.15, 0.2) is 10.6 Å². The molecule has 0 aromatic carbocycles. The summed E-state index contributed by atoms with van der Waals surface area (Å²) >= 11 is 1.47. The zero-order valence-electron chi connectivity index (χ0n) is 17.5. The summed E-state index contributed by atoms with van der Waals surface area (Å²) in [4.78, 5) is 41.2. The number of aliphatic hydroxyl groups is 1. The second kappa shape index (κ2) is 8.14. The van der Waals surface area contributed by atoms with Crippen molar-refractivity contribution in [3.63, 3.8) is 0 Å². The molecule has 0 aromatic rings. The van der Waals surface area contributed by atoms with E-state index in [2.05, 4.69) is 17.6 Å². The Morgan fingerprint density at radius 3 is 2.63 bits per heavy atom. The standard InChI is InChI=1S/C20H30N4O5S/c1-9-8-23(5-4-21-9)18(26)13-6-12(7-22-13)30-17-10(2)15-14(11(3)25)19(27)24(15)16(17)20(28)29/h9-15,21-22,25H,4-8H2,1-3H3,(H,28,29)/t9?,10?,11?,12?,13?,14?,15-/m1/s1. The number of fused-ring (bicyclic) bond motifs is 1. The second-order valence-electron chi connectivity index (χ2n) is 8.85. The number of carbonyl (C=O) groups excluding carboxylic acids is 2. The first-order chi connectivity index (χ1) is 14.2. The van der Waals surface area contributed by atoms with Crippen LogP contribution < -0.4 is 10.6 Å². The molecule has 4 N–H and O–H groups in total. The highest BCUT2D eigenvalue weighted by molar-refractivity contribution is 8.03. The average molecular weight is 439 g/mol. The zero-order chi connectivity index (χ0) is 21.7. The third-order valence-corrected chi connectivity index (χ3v) is 8.19. The number of hydrogen-bond donors (Lipinski definition) is 4. The number of nitrogens with one attached hydrogen (secondary N) is 2. The number of aliphatic hydroxyl groups excluding tert-OH is 1. The molecule has 0 saturated carbocycles. The van der Waals surface area contributed by atoms with E-state index < -0.39 is 18.0 Å². The lowest BCUT2D eigenvalue weighted by Gasteiger charge is -2.46. The summed E-state index contributed by atoms with van der Waals surface area (Å²) in [5, 5.41) is 26.4. The van der Waals surface area contributed by atoms with Gasteiger partial charge in [0.05, 0.1) is 24.1 Å². The van der Waals surface area contributed by atoms with Crippen LogP contribution in [0, 0.1) is 11.8 Å². The molecule has 0 bridgehead atoms. The topological polar surface area (TPSA) is 122 Å². The van der Waals surface area contributed by atoms with Gasteiger partial charge in [-0.3, -0.25) is 9.59 Å². The maximum absolute atomic E-state index is 12.9. The number of carboxylic acids is 1. The lowest BCUT2D eigenvalue weighted by atomic mass is 9.79. The van der Waals surface area contributed by atoms with Gasteiger partial charge in [-0.05, 0) is 20.3 Å². The molecule has 2 amide bonds. The minimum absolute atomic E-state index is 0.0464. The first-order valence-electron chi connectivity index (χ1n) is 10.6. The van der Waals surface area contributed by atoms with Crippen molar-refractivity contribution >= 4 is 29.5 Å². The first kappa shape index (κ1) is 21.6. The highest BCUT2D eigenvalue weighted by Gasteiger charge is 2.60. The second-order valence-corrected chi connectivity index (χ2v) is 10.2. The van der Waals surface area contributed by atoms with Gasteiger partial charge in [0.1, 0.15) is 5.70 Å². The molecule has 166 valence electrons. The van der Waals surface area contributed by atoms with Gasteiger partial charge in [-0.2, -0.15) is 0 Å². The van der Waals surface area contributed by atoms with Crippen molar-refractivity contribution in [2.45, 2.75) is 56.7 Å². The predicted octanol–water partition coefficient (Wildman–Crippen LogP) is -0.576. The number of thioether (sulfide) groups is 1. The molecule has 0 aliphatic carbocycles. The van der Waals surface area contributed by atoms with Crippen molar-refractivity contribution in [1.29, 1.82) is 0 Å². The molecule has 0 aromatic heterocycles. The van der Waals surface area contributed by atoms with Crippen LogP contribution in [0.3, 0.4) is 0 Å². The molecular formula is C20H30N4O5S. The molecule has 3 saturated heterocycles. The van der Waals surface area contributed by atoms with E-state index in [1.165, 1.54) is 16.7 Å². The van der Waals surface area contributed by atoms with Gasteiger partial charge in [0, 0.05) is 48.3 Å². The van der Waals surface area contributed by atoms with Crippen LogP contribution >= 0.6 is 11.8 Å². The fourth-order valence-electron chi connectivity index (χ4n) is 5.19. The lowest BCUT2D eigenvalue weighted by molar-refractivity contribution is -0.163. The number of piperazine rings is 1. The van der Waals surface area contributed by atoms with Crippen LogP contribution in [0.4, 0.5) is 0 Å². The third-order valence-electron chi connectivity index (χ3n) is 6.67. The molecule has 9 nitrogen and oxygen atoms in total. The highest BCUT2D eigenvalue weighted by Crippen LogP contribution is 2.51. The van der Waals surface area contributed by atoms with Crippen molar-refractivity contribution in [3.8, 4) is 0 Å². The van der Waals surface area contributed by atoms with Gasteiger partial charge in [-0.1, -0.05) is 6.92 Å². The predicted molar refractivity (Wildman–Crippen MR) is 111 cm³/mol. The fraction of sp³-hybridized carbons (Fsp3) is 0.750. The highest BCUT2D eigenvalue weighted by atomic mass is 32.2. The van der Waals surface area contributed by atoms with Crippen LogP contribution in [-0.2, 0) is 14.4 Å². The quantitative estimate of drug-likeness (QED) is 0.421. The van der Waals surface area contributed by atoms with E-state index >= 15 is 0 Å². The lowest BCUT2D eigenvalue weighted by Crippen LogP contribution is -2.63. The number of carbonyl (C=O) groups is 3. The summed E-state index contributed by atoms with van der Waals surface area (Å²) < 4.78 is 0. The molecule has 30 heavy (non-hydrogen) atoms. The molecule has 4 aliphatic heterocycles. The molecular weight excluding hydrogens is 408 g/mol. The van der Waals surface area contributed by atoms with Crippen LogP contribution in [-0.4, -0.2) is 93.5 Å². The molecule has 0 radical (unpaired) electrons. The average Bonchev–Trinajstić information content (AvgIpc) is 3.23. The minimum atomic E-state index is -1.11. The molecule has 10 heteroatoms. The number of amides is 2. The number of carboxylic acid groups (broad SMARTS) is 1. The summed E-state index contributed by atoms with van der Waals surface area (Å²) in [7, 11) is 0. The van der Waals surface area contributed by atoms with E-state index in [4.69, 9.17) is 0 Å². The van der Waals surface area contributed by atoms with E-state index in [0.29, 0.717) is 31.0 Å². The fourth-order valence-corrected chi connectivity index (χ4v) is 6.67. The van der Waals surface area contributed by atoms with Gasteiger partial charge >= 0.3 is 5.97 Å². The van der Waals surface area contributed by atoms with Crippen LogP contribution in [0.1, 0.15) is 27.2 Å². The van der Waals surface area contributed by atoms with Gasteiger partial charge in [0.2, 0.25) is 11.8 Å². The molecule has 6 unspecified atom stereocenters. The van der Waals surface area contributed by atoms with Crippen molar-refractivity contribution in [1.82, 2.24) is 20.4 Å². The zero-order valence-corrected chi connectivity index (χ0v) is 18.3. The van der Waals surface area contributed by atoms with Gasteiger partial charge in [-0.25, -0.2) is 4.79 Å². The van der Waals surface area contributed by atoms with Gasteiger partial charge in [-0.15, -0.1) is 11.8 Å². The van der Waals surface area contributed by atoms with E-state index in [-0.39, 0.29) is 46.8 Å². The molecule has 4 rings (SSSR count). The molecule has 4 heterocycles. The number of hydrogen-bond acceptors (Lipinski definition) is 7. The monoisotopic (exact) mass is 438 g/mol. The Hall–Kier alpha value is -1.62. The normalized spacial score (nSPS) is 37.3. The van der Waals surface area contributed by atoms with E-state index in [0.717, 1.165) is 6.54 Å². The van der Waals surface area contributed by atoms with Crippen LogP contribution in [0.5, 0.6) is 0 Å². The largest absolute Gasteiger partial charge is 0.477 e. The van der Waals surface area contributed by atoms with Crippen molar-refractivity contribution < 1.29 is 24.6 Å². The molecule has 7 atom stereocenters. The summed E-state index contributed by atoms with van der Waals surface area (Å²) in [5.74, 6) is -2.04. The number of aliphatic carboxylic acids is 1. The Labute approximate surface area is 180 Å². The Bertz CT molecular complexity index is 787. The Balaban J connectivity index is 1.45.